The van der Waals surface area contributed by atoms with E-state index < -0.39 is 23.2 Å². The Morgan fingerprint density at radius 2 is 1.71 bits per heavy atom. The Bertz CT molecular complexity index is 627. The molecule has 21 heavy (non-hydrogen) atoms. The standard InChI is InChI=1S/C15H14F2N2O2/c16-11-5-3-6-12(17)15(11)19-14(21)9-18-8-10-4-1-2-7-13(10)20/h1-7,18,20H,8-9H2,(H,19,21). The molecule has 0 saturated heterocycles. The van der Waals surface area contributed by atoms with Crippen LogP contribution >= 0.6 is 0 Å². The summed E-state index contributed by atoms with van der Waals surface area (Å²) in [5.74, 6) is -2.12. The van der Waals surface area contributed by atoms with Gasteiger partial charge in [0, 0.05) is 12.1 Å². The Morgan fingerprint density at radius 1 is 1.05 bits per heavy atom. The van der Waals surface area contributed by atoms with Gasteiger partial charge in [0.05, 0.1) is 6.54 Å². The summed E-state index contributed by atoms with van der Waals surface area (Å²) in [4.78, 5) is 11.6. The highest BCUT2D eigenvalue weighted by atomic mass is 19.1. The van der Waals surface area contributed by atoms with E-state index in [9.17, 15) is 18.7 Å². The molecular formula is C15H14F2N2O2. The van der Waals surface area contributed by atoms with Crippen LogP contribution in [0.25, 0.3) is 0 Å². The van der Waals surface area contributed by atoms with Gasteiger partial charge in [-0.25, -0.2) is 8.78 Å². The number of rotatable bonds is 5. The van der Waals surface area contributed by atoms with Gasteiger partial charge >= 0.3 is 0 Å². The molecule has 0 aliphatic rings. The Labute approximate surface area is 120 Å². The SMILES string of the molecule is O=C(CNCc1ccccc1O)Nc1c(F)cccc1F. The van der Waals surface area contributed by atoms with Crippen LogP contribution in [0.5, 0.6) is 5.75 Å². The van der Waals surface area contributed by atoms with Gasteiger partial charge in [-0.05, 0) is 18.2 Å². The molecule has 0 bridgehead atoms. The number of nitrogens with one attached hydrogen (secondary N) is 2. The van der Waals surface area contributed by atoms with E-state index in [0.717, 1.165) is 12.1 Å². The van der Waals surface area contributed by atoms with Gasteiger partial charge in [0.25, 0.3) is 0 Å². The minimum atomic E-state index is -0.830. The van der Waals surface area contributed by atoms with Crippen molar-refractivity contribution in [1.29, 1.82) is 0 Å². The molecule has 2 aromatic carbocycles. The fraction of sp³-hybridized carbons (Fsp3) is 0.133. The first kappa shape index (κ1) is 14.9. The van der Waals surface area contributed by atoms with Crippen LogP contribution < -0.4 is 10.6 Å². The molecule has 2 rings (SSSR count). The average molecular weight is 292 g/mol. The number of anilines is 1. The van der Waals surface area contributed by atoms with Crippen LogP contribution in [0.15, 0.2) is 42.5 Å². The van der Waals surface area contributed by atoms with Gasteiger partial charge in [-0.1, -0.05) is 24.3 Å². The highest BCUT2D eigenvalue weighted by Gasteiger charge is 2.11. The molecule has 2 aromatic rings. The third-order valence-corrected chi connectivity index (χ3v) is 2.82. The number of hydrogen-bond donors (Lipinski definition) is 3. The quantitative estimate of drug-likeness (QED) is 0.793. The number of phenolic OH excluding ortho intramolecular Hbond substituents is 1. The topological polar surface area (TPSA) is 61.4 Å². The zero-order valence-electron chi connectivity index (χ0n) is 11.1. The van der Waals surface area contributed by atoms with Gasteiger partial charge in [0.15, 0.2) is 0 Å². The van der Waals surface area contributed by atoms with Crippen molar-refractivity contribution < 1.29 is 18.7 Å². The van der Waals surface area contributed by atoms with Crippen molar-refractivity contribution in [3.05, 3.63) is 59.7 Å². The molecule has 0 atom stereocenters. The first-order valence-corrected chi connectivity index (χ1v) is 6.29. The van der Waals surface area contributed by atoms with Crippen LogP contribution in [0.1, 0.15) is 5.56 Å². The van der Waals surface area contributed by atoms with Crippen LogP contribution in [-0.2, 0) is 11.3 Å². The van der Waals surface area contributed by atoms with Crippen molar-refractivity contribution in [2.45, 2.75) is 6.54 Å². The lowest BCUT2D eigenvalue weighted by atomic mass is 10.2. The molecule has 3 N–H and O–H groups in total. The first-order valence-electron chi connectivity index (χ1n) is 6.29. The molecule has 1 amide bonds. The van der Waals surface area contributed by atoms with Crippen molar-refractivity contribution in [2.75, 3.05) is 11.9 Å². The second kappa shape index (κ2) is 6.81. The number of hydrogen-bond acceptors (Lipinski definition) is 3. The summed E-state index contributed by atoms with van der Waals surface area (Å²) >= 11 is 0. The summed E-state index contributed by atoms with van der Waals surface area (Å²) in [6.07, 6.45) is 0. The van der Waals surface area contributed by atoms with Crippen molar-refractivity contribution in [3.63, 3.8) is 0 Å². The first-order chi connectivity index (χ1) is 10.1. The minimum Gasteiger partial charge on any atom is -0.508 e. The molecule has 4 nitrogen and oxygen atoms in total. The molecule has 0 aliphatic carbocycles. The molecule has 6 heteroatoms. The number of benzene rings is 2. The monoisotopic (exact) mass is 292 g/mol. The lowest BCUT2D eigenvalue weighted by Crippen LogP contribution is -2.28. The van der Waals surface area contributed by atoms with Crippen molar-refractivity contribution in [3.8, 4) is 5.75 Å². The maximum Gasteiger partial charge on any atom is 0.238 e. The summed E-state index contributed by atoms with van der Waals surface area (Å²) < 4.78 is 26.7. The Kier molecular flexibility index (Phi) is 4.84. The molecule has 0 aliphatic heterocycles. The van der Waals surface area contributed by atoms with Gasteiger partial charge in [-0.3, -0.25) is 4.79 Å². The van der Waals surface area contributed by atoms with E-state index in [1.165, 1.54) is 12.1 Å². The maximum absolute atomic E-state index is 13.3. The van der Waals surface area contributed by atoms with Gasteiger partial charge in [-0.2, -0.15) is 0 Å². The second-order valence-electron chi connectivity index (χ2n) is 4.38. The van der Waals surface area contributed by atoms with E-state index in [2.05, 4.69) is 10.6 Å². The average Bonchev–Trinajstić information content (AvgIpc) is 2.45. The molecule has 0 fully saturated rings. The third-order valence-electron chi connectivity index (χ3n) is 2.82. The molecule has 0 saturated carbocycles. The van der Waals surface area contributed by atoms with Crippen LogP contribution in [0, 0.1) is 11.6 Å². The molecular weight excluding hydrogens is 278 g/mol. The lowest BCUT2D eigenvalue weighted by molar-refractivity contribution is -0.115. The number of para-hydroxylation sites is 2. The number of halogens is 2. The molecule has 0 radical (unpaired) electrons. The fourth-order valence-corrected chi connectivity index (χ4v) is 1.77. The molecule has 0 aromatic heterocycles. The van der Waals surface area contributed by atoms with Crippen molar-refractivity contribution in [2.24, 2.45) is 0 Å². The second-order valence-corrected chi connectivity index (χ2v) is 4.38. The smallest absolute Gasteiger partial charge is 0.238 e. The van der Waals surface area contributed by atoms with Crippen molar-refractivity contribution in [1.82, 2.24) is 5.32 Å². The van der Waals surface area contributed by atoms with E-state index in [0.29, 0.717) is 5.56 Å². The zero-order valence-corrected chi connectivity index (χ0v) is 11.1. The summed E-state index contributed by atoms with van der Waals surface area (Å²) in [6, 6.07) is 10.0. The number of amides is 1. The molecule has 0 heterocycles. The van der Waals surface area contributed by atoms with Crippen molar-refractivity contribution >= 4 is 11.6 Å². The summed E-state index contributed by atoms with van der Waals surface area (Å²) in [5.41, 5.74) is 0.161. The fourth-order valence-electron chi connectivity index (χ4n) is 1.77. The summed E-state index contributed by atoms with van der Waals surface area (Å²) in [6.45, 7) is 0.127. The van der Waals surface area contributed by atoms with Gasteiger partial charge in [0.2, 0.25) is 5.91 Å². The van der Waals surface area contributed by atoms with Crippen LogP contribution in [-0.4, -0.2) is 17.6 Å². The van der Waals surface area contributed by atoms with Crippen LogP contribution in [0.2, 0.25) is 0 Å². The largest absolute Gasteiger partial charge is 0.508 e. The normalized spacial score (nSPS) is 10.4. The third kappa shape index (κ3) is 4.00. The number of phenols is 1. The van der Waals surface area contributed by atoms with E-state index >= 15 is 0 Å². The van der Waals surface area contributed by atoms with E-state index in [1.54, 1.807) is 18.2 Å². The molecule has 110 valence electrons. The van der Waals surface area contributed by atoms with E-state index in [4.69, 9.17) is 0 Å². The van der Waals surface area contributed by atoms with Gasteiger partial charge in [-0.15, -0.1) is 0 Å². The van der Waals surface area contributed by atoms with Crippen LogP contribution in [0.4, 0.5) is 14.5 Å². The summed E-state index contributed by atoms with van der Waals surface area (Å²) in [7, 11) is 0. The lowest BCUT2D eigenvalue weighted by Gasteiger charge is -2.09. The number of aromatic hydroxyl groups is 1. The predicted molar refractivity (Wildman–Crippen MR) is 74.8 cm³/mol. The number of carbonyl (C=O) groups excluding carboxylic acids is 1. The summed E-state index contributed by atoms with van der Waals surface area (Å²) in [5, 5.41) is 14.5. The Hall–Kier alpha value is -2.47. The predicted octanol–water partition coefficient (Wildman–Crippen LogP) is 2.40. The van der Waals surface area contributed by atoms with E-state index in [-0.39, 0.29) is 18.8 Å². The zero-order chi connectivity index (χ0) is 15.2. The van der Waals surface area contributed by atoms with Gasteiger partial charge in [0.1, 0.15) is 23.1 Å². The Balaban J connectivity index is 1.87. The molecule has 0 spiro atoms. The Morgan fingerprint density at radius 3 is 2.38 bits per heavy atom. The highest BCUT2D eigenvalue weighted by Crippen LogP contribution is 2.18. The number of carbonyl (C=O) groups is 1. The minimum absolute atomic E-state index is 0.116. The molecule has 0 unspecified atom stereocenters. The van der Waals surface area contributed by atoms with Gasteiger partial charge < -0.3 is 15.7 Å². The highest BCUT2D eigenvalue weighted by molar-refractivity contribution is 5.92. The van der Waals surface area contributed by atoms with Crippen LogP contribution in [0.3, 0.4) is 0 Å². The van der Waals surface area contributed by atoms with E-state index in [1.807, 2.05) is 0 Å². The maximum atomic E-state index is 13.3.